The Balaban J connectivity index is 2.05. The highest BCUT2D eigenvalue weighted by Crippen LogP contribution is 2.22. The maximum Gasteiger partial charge on any atom is 0.243 e. The first kappa shape index (κ1) is 14.3. The lowest BCUT2D eigenvalue weighted by molar-refractivity contribution is 0.233. The van der Waals surface area contributed by atoms with Crippen LogP contribution in [0, 0.1) is 0 Å². The van der Waals surface area contributed by atoms with E-state index in [1.165, 1.54) is 4.31 Å². The highest BCUT2D eigenvalue weighted by molar-refractivity contribution is 7.89. The fraction of sp³-hybridized carbons (Fsp3) is 0.538. The Hall–Kier alpha value is -1.11. The topological polar surface area (TPSA) is 66.8 Å². The summed E-state index contributed by atoms with van der Waals surface area (Å²) in [5.74, 6) is 0.619. The van der Waals surface area contributed by atoms with Crippen LogP contribution in [0.25, 0.3) is 0 Å². The Morgan fingerprint density at radius 2 is 1.79 bits per heavy atom. The van der Waals surface area contributed by atoms with Crippen molar-refractivity contribution in [3.8, 4) is 5.75 Å². The van der Waals surface area contributed by atoms with Gasteiger partial charge in [0.25, 0.3) is 0 Å². The molecule has 1 saturated heterocycles. The minimum absolute atomic E-state index is 0.0847. The summed E-state index contributed by atoms with van der Waals surface area (Å²) in [5, 5.41) is 8.65. The van der Waals surface area contributed by atoms with Gasteiger partial charge in [-0.05, 0) is 37.1 Å². The van der Waals surface area contributed by atoms with E-state index in [9.17, 15) is 8.42 Å². The predicted octanol–water partition coefficient (Wildman–Crippen LogP) is 1.23. The van der Waals surface area contributed by atoms with Gasteiger partial charge in [0.1, 0.15) is 5.75 Å². The molecule has 19 heavy (non-hydrogen) atoms. The van der Waals surface area contributed by atoms with Crippen LogP contribution in [0.4, 0.5) is 0 Å². The number of aliphatic hydroxyl groups is 1. The van der Waals surface area contributed by atoms with Gasteiger partial charge in [0.15, 0.2) is 0 Å². The van der Waals surface area contributed by atoms with Crippen molar-refractivity contribution in [2.75, 3.05) is 26.3 Å². The molecule has 0 radical (unpaired) electrons. The minimum atomic E-state index is -3.34. The van der Waals surface area contributed by atoms with Gasteiger partial charge in [0.2, 0.25) is 10.0 Å². The van der Waals surface area contributed by atoms with Crippen LogP contribution >= 0.6 is 0 Å². The van der Waals surface area contributed by atoms with Crippen LogP contribution in [0.5, 0.6) is 5.75 Å². The number of benzene rings is 1. The Morgan fingerprint density at radius 3 is 2.37 bits per heavy atom. The van der Waals surface area contributed by atoms with E-state index in [-0.39, 0.29) is 6.61 Å². The quantitative estimate of drug-likeness (QED) is 0.798. The number of hydrogen-bond donors (Lipinski definition) is 1. The average molecular weight is 285 g/mol. The number of rotatable bonds is 6. The lowest BCUT2D eigenvalue weighted by atomic mass is 10.3. The van der Waals surface area contributed by atoms with Crippen molar-refractivity contribution in [1.29, 1.82) is 0 Å². The number of hydrogen-bond acceptors (Lipinski definition) is 4. The second kappa shape index (κ2) is 6.36. The summed E-state index contributed by atoms with van der Waals surface area (Å²) in [5.41, 5.74) is 0. The molecule has 0 aromatic heterocycles. The van der Waals surface area contributed by atoms with E-state index in [1.807, 2.05) is 0 Å². The van der Waals surface area contributed by atoms with Crippen LogP contribution in [-0.4, -0.2) is 44.1 Å². The predicted molar refractivity (Wildman–Crippen MR) is 71.6 cm³/mol. The highest BCUT2D eigenvalue weighted by Gasteiger charge is 2.26. The van der Waals surface area contributed by atoms with Crippen molar-refractivity contribution >= 4 is 10.0 Å². The summed E-state index contributed by atoms with van der Waals surface area (Å²) in [6.07, 6.45) is 2.43. The summed E-state index contributed by atoms with van der Waals surface area (Å²) in [6, 6.07) is 6.45. The first-order valence-electron chi connectivity index (χ1n) is 6.48. The lowest BCUT2D eigenvalue weighted by Gasteiger charge is -2.15. The van der Waals surface area contributed by atoms with Gasteiger partial charge in [0, 0.05) is 26.1 Å². The van der Waals surface area contributed by atoms with Crippen molar-refractivity contribution in [1.82, 2.24) is 4.31 Å². The third kappa shape index (κ3) is 3.46. The van der Waals surface area contributed by atoms with Crippen molar-refractivity contribution in [3.63, 3.8) is 0 Å². The van der Waals surface area contributed by atoms with E-state index in [0.717, 1.165) is 12.8 Å². The molecular formula is C13H19NO4S. The molecule has 106 valence electrons. The molecule has 6 heteroatoms. The van der Waals surface area contributed by atoms with Crippen molar-refractivity contribution in [2.24, 2.45) is 0 Å². The third-order valence-electron chi connectivity index (χ3n) is 3.10. The summed E-state index contributed by atoms with van der Waals surface area (Å²) < 4.78 is 31.4. The normalized spacial score (nSPS) is 16.7. The maximum absolute atomic E-state index is 12.3. The molecule has 1 aromatic rings. The van der Waals surface area contributed by atoms with Crippen LogP contribution < -0.4 is 4.74 Å². The summed E-state index contributed by atoms with van der Waals surface area (Å²) in [6.45, 7) is 1.73. The standard InChI is InChI=1S/C13H19NO4S/c15-10-3-11-18-12-4-6-13(7-5-12)19(16,17)14-8-1-2-9-14/h4-7,15H,1-3,8-11H2. The molecule has 0 amide bonds. The molecule has 5 nitrogen and oxygen atoms in total. The van der Waals surface area contributed by atoms with Crippen LogP contribution in [-0.2, 0) is 10.0 Å². The highest BCUT2D eigenvalue weighted by atomic mass is 32.2. The van der Waals surface area contributed by atoms with Gasteiger partial charge in [-0.2, -0.15) is 4.31 Å². The van der Waals surface area contributed by atoms with Crippen LogP contribution in [0.3, 0.4) is 0 Å². The lowest BCUT2D eigenvalue weighted by Crippen LogP contribution is -2.27. The smallest absolute Gasteiger partial charge is 0.243 e. The molecule has 1 aliphatic rings. The molecule has 0 unspecified atom stereocenters. The van der Waals surface area contributed by atoms with Gasteiger partial charge in [-0.25, -0.2) is 8.42 Å². The third-order valence-corrected chi connectivity index (χ3v) is 5.01. The van der Waals surface area contributed by atoms with Gasteiger partial charge >= 0.3 is 0 Å². The average Bonchev–Trinajstić information content (AvgIpc) is 2.94. The minimum Gasteiger partial charge on any atom is -0.494 e. The first-order valence-corrected chi connectivity index (χ1v) is 7.92. The Kier molecular flexibility index (Phi) is 4.79. The molecule has 0 atom stereocenters. The molecule has 2 rings (SSSR count). The van der Waals surface area contributed by atoms with E-state index in [2.05, 4.69) is 0 Å². The molecule has 1 fully saturated rings. The zero-order valence-electron chi connectivity index (χ0n) is 10.8. The van der Waals surface area contributed by atoms with Crippen LogP contribution in [0.15, 0.2) is 29.2 Å². The molecule has 0 spiro atoms. The van der Waals surface area contributed by atoms with Gasteiger partial charge in [0.05, 0.1) is 11.5 Å². The number of aliphatic hydroxyl groups excluding tert-OH is 1. The monoisotopic (exact) mass is 285 g/mol. The van der Waals surface area contributed by atoms with Crippen molar-refractivity contribution < 1.29 is 18.3 Å². The number of nitrogens with zero attached hydrogens (tertiary/aromatic N) is 1. The van der Waals surface area contributed by atoms with E-state index in [0.29, 0.717) is 36.8 Å². The van der Waals surface area contributed by atoms with Crippen LogP contribution in [0.2, 0.25) is 0 Å². The second-order valence-corrected chi connectivity index (χ2v) is 6.45. The SMILES string of the molecule is O=S(=O)(c1ccc(OCCCO)cc1)N1CCCC1. The molecule has 1 aromatic carbocycles. The summed E-state index contributed by atoms with van der Waals surface area (Å²) in [4.78, 5) is 0.309. The Bertz CT molecular complexity index is 492. The molecule has 0 saturated carbocycles. The zero-order valence-corrected chi connectivity index (χ0v) is 11.6. The molecule has 1 heterocycles. The molecule has 0 bridgehead atoms. The van der Waals surface area contributed by atoms with E-state index >= 15 is 0 Å². The van der Waals surface area contributed by atoms with E-state index in [1.54, 1.807) is 24.3 Å². The van der Waals surface area contributed by atoms with Gasteiger partial charge in [-0.3, -0.25) is 0 Å². The van der Waals surface area contributed by atoms with Crippen LogP contribution in [0.1, 0.15) is 19.3 Å². The van der Waals surface area contributed by atoms with Gasteiger partial charge < -0.3 is 9.84 Å². The van der Waals surface area contributed by atoms with E-state index in [4.69, 9.17) is 9.84 Å². The molecular weight excluding hydrogens is 266 g/mol. The Labute approximate surface area is 113 Å². The van der Waals surface area contributed by atoms with Crippen molar-refractivity contribution in [2.45, 2.75) is 24.2 Å². The summed E-state index contributed by atoms with van der Waals surface area (Å²) >= 11 is 0. The fourth-order valence-corrected chi connectivity index (χ4v) is 3.56. The molecule has 1 aliphatic heterocycles. The Morgan fingerprint density at radius 1 is 1.16 bits per heavy atom. The fourth-order valence-electron chi connectivity index (χ4n) is 2.04. The number of ether oxygens (including phenoxy) is 1. The number of sulfonamides is 1. The molecule has 1 N–H and O–H groups in total. The maximum atomic E-state index is 12.3. The second-order valence-electron chi connectivity index (χ2n) is 4.51. The largest absolute Gasteiger partial charge is 0.494 e. The first-order chi connectivity index (χ1) is 9.14. The van der Waals surface area contributed by atoms with E-state index < -0.39 is 10.0 Å². The molecule has 0 aliphatic carbocycles. The van der Waals surface area contributed by atoms with Crippen molar-refractivity contribution in [3.05, 3.63) is 24.3 Å². The van der Waals surface area contributed by atoms with Gasteiger partial charge in [-0.15, -0.1) is 0 Å². The summed E-state index contributed by atoms with van der Waals surface area (Å²) in [7, 11) is -3.34. The van der Waals surface area contributed by atoms with Gasteiger partial charge in [-0.1, -0.05) is 0 Å². The zero-order chi connectivity index (χ0) is 13.7.